The lowest BCUT2D eigenvalue weighted by atomic mass is 10.1. The van der Waals surface area contributed by atoms with Crippen LogP contribution < -0.4 is 0 Å². The van der Waals surface area contributed by atoms with Crippen molar-refractivity contribution >= 4 is 28.6 Å². The SMILES string of the molecule is Cc1nnc(COC(=O)[C@H](C)c2ccsc2)s1. The molecule has 1 atom stereocenters. The molecular formula is C11H12N2O2S2. The zero-order valence-corrected chi connectivity index (χ0v) is 11.2. The van der Waals surface area contributed by atoms with E-state index in [4.69, 9.17) is 4.74 Å². The maximum absolute atomic E-state index is 11.8. The Hall–Kier alpha value is -1.27. The summed E-state index contributed by atoms with van der Waals surface area (Å²) in [5.74, 6) is -0.452. The highest BCUT2D eigenvalue weighted by atomic mass is 32.1. The second-order valence-corrected chi connectivity index (χ2v) is 5.65. The van der Waals surface area contributed by atoms with Gasteiger partial charge in [0.05, 0.1) is 5.92 Å². The van der Waals surface area contributed by atoms with Crippen molar-refractivity contribution in [3.63, 3.8) is 0 Å². The van der Waals surface area contributed by atoms with Gasteiger partial charge in [0, 0.05) is 0 Å². The number of aromatic nitrogens is 2. The third-order valence-corrected chi connectivity index (χ3v) is 3.82. The van der Waals surface area contributed by atoms with Gasteiger partial charge in [-0.3, -0.25) is 4.79 Å². The van der Waals surface area contributed by atoms with E-state index < -0.39 is 0 Å². The van der Waals surface area contributed by atoms with Crippen LogP contribution in [0, 0.1) is 6.92 Å². The second-order valence-electron chi connectivity index (χ2n) is 3.60. The van der Waals surface area contributed by atoms with Crippen LogP contribution in [0.25, 0.3) is 0 Å². The highest BCUT2D eigenvalue weighted by Gasteiger charge is 2.17. The van der Waals surface area contributed by atoms with E-state index in [0.29, 0.717) is 0 Å². The molecule has 0 fully saturated rings. The van der Waals surface area contributed by atoms with Gasteiger partial charge in [0.1, 0.15) is 11.6 Å². The smallest absolute Gasteiger partial charge is 0.313 e. The standard InChI is InChI=1S/C11H12N2O2S2/c1-7(9-3-4-16-6-9)11(14)15-5-10-13-12-8(2)17-10/h3-4,6-7H,5H2,1-2H3/t7-/m1/s1. The maximum Gasteiger partial charge on any atom is 0.313 e. The number of carbonyl (C=O) groups excluding carboxylic acids is 1. The summed E-state index contributed by atoms with van der Waals surface area (Å²) < 4.78 is 5.20. The predicted octanol–water partition coefficient (Wildman–Crippen LogP) is 2.75. The fraction of sp³-hybridized carbons (Fsp3) is 0.364. The summed E-state index contributed by atoms with van der Waals surface area (Å²) in [6.45, 7) is 3.92. The number of thiophene rings is 1. The second kappa shape index (κ2) is 5.37. The summed E-state index contributed by atoms with van der Waals surface area (Å²) in [7, 11) is 0. The molecule has 4 nitrogen and oxygen atoms in total. The molecule has 0 saturated heterocycles. The van der Waals surface area contributed by atoms with Crippen LogP contribution in [-0.2, 0) is 16.1 Å². The van der Waals surface area contributed by atoms with Crippen LogP contribution in [0.2, 0.25) is 0 Å². The van der Waals surface area contributed by atoms with Crippen molar-refractivity contribution in [3.05, 3.63) is 32.4 Å². The minimum Gasteiger partial charge on any atom is -0.458 e. The highest BCUT2D eigenvalue weighted by Crippen LogP contribution is 2.20. The molecule has 0 radical (unpaired) electrons. The maximum atomic E-state index is 11.8. The monoisotopic (exact) mass is 268 g/mol. The van der Waals surface area contributed by atoms with Crippen molar-refractivity contribution in [2.75, 3.05) is 0 Å². The molecule has 6 heteroatoms. The first-order valence-corrected chi connectivity index (χ1v) is 6.90. The van der Waals surface area contributed by atoms with Crippen LogP contribution in [0.5, 0.6) is 0 Å². The largest absolute Gasteiger partial charge is 0.458 e. The molecule has 17 heavy (non-hydrogen) atoms. The van der Waals surface area contributed by atoms with E-state index in [9.17, 15) is 4.79 Å². The molecule has 0 amide bonds. The molecule has 0 saturated carbocycles. The third-order valence-electron chi connectivity index (χ3n) is 2.30. The molecule has 0 aliphatic heterocycles. The van der Waals surface area contributed by atoms with E-state index in [0.717, 1.165) is 15.6 Å². The Kier molecular flexibility index (Phi) is 3.86. The zero-order valence-electron chi connectivity index (χ0n) is 9.54. The lowest BCUT2D eigenvalue weighted by Gasteiger charge is -2.08. The van der Waals surface area contributed by atoms with Crippen molar-refractivity contribution < 1.29 is 9.53 Å². The number of hydrogen-bond donors (Lipinski definition) is 0. The van der Waals surface area contributed by atoms with Crippen LogP contribution in [0.15, 0.2) is 16.8 Å². The van der Waals surface area contributed by atoms with E-state index in [1.807, 2.05) is 30.7 Å². The molecule has 0 aliphatic carbocycles. The Balaban J connectivity index is 1.89. The molecular weight excluding hydrogens is 256 g/mol. The average Bonchev–Trinajstić information content (AvgIpc) is 2.95. The molecule has 2 rings (SSSR count). The molecule has 90 valence electrons. The summed E-state index contributed by atoms with van der Waals surface area (Å²) >= 11 is 3.02. The first-order valence-electron chi connectivity index (χ1n) is 5.14. The van der Waals surface area contributed by atoms with Gasteiger partial charge in [0.25, 0.3) is 0 Å². The minimum atomic E-state index is -0.227. The molecule has 0 spiro atoms. The van der Waals surface area contributed by atoms with E-state index in [1.54, 1.807) is 11.3 Å². The molecule has 0 bridgehead atoms. The molecule has 2 aromatic rings. The highest BCUT2D eigenvalue weighted by molar-refractivity contribution is 7.11. The van der Waals surface area contributed by atoms with E-state index in [-0.39, 0.29) is 18.5 Å². The summed E-state index contributed by atoms with van der Waals surface area (Å²) in [5, 5.41) is 13.3. The Morgan fingerprint density at radius 3 is 2.94 bits per heavy atom. The normalized spacial score (nSPS) is 12.4. The Bertz CT molecular complexity index is 493. The number of hydrogen-bond acceptors (Lipinski definition) is 6. The van der Waals surface area contributed by atoms with Gasteiger partial charge in [-0.2, -0.15) is 11.3 Å². The number of carbonyl (C=O) groups is 1. The first kappa shape index (κ1) is 12.2. The summed E-state index contributed by atoms with van der Waals surface area (Å²) in [6, 6.07) is 1.94. The topological polar surface area (TPSA) is 52.1 Å². The molecule has 0 N–H and O–H groups in total. The van der Waals surface area contributed by atoms with Crippen molar-refractivity contribution in [1.82, 2.24) is 10.2 Å². The third kappa shape index (κ3) is 3.10. The first-order chi connectivity index (χ1) is 8.16. The van der Waals surface area contributed by atoms with Gasteiger partial charge < -0.3 is 4.74 Å². The Morgan fingerprint density at radius 1 is 1.53 bits per heavy atom. The number of ether oxygens (including phenoxy) is 1. The van der Waals surface area contributed by atoms with Crippen LogP contribution in [0.4, 0.5) is 0 Å². The van der Waals surface area contributed by atoms with Crippen molar-refractivity contribution in [3.8, 4) is 0 Å². The van der Waals surface area contributed by atoms with Crippen molar-refractivity contribution in [2.24, 2.45) is 0 Å². The summed E-state index contributed by atoms with van der Waals surface area (Å²) in [4.78, 5) is 11.8. The van der Waals surface area contributed by atoms with E-state index >= 15 is 0 Å². The fourth-order valence-electron chi connectivity index (χ4n) is 1.31. The van der Waals surface area contributed by atoms with E-state index in [1.165, 1.54) is 11.3 Å². The Morgan fingerprint density at radius 2 is 2.35 bits per heavy atom. The molecule has 0 aliphatic rings. The van der Waals surface area contributed by atoms with Gasteiger partial charge in [0.15, 0.2) is 5.01 Å². The van der Waals surface area contributed by atoms with Crippen molar-refractivity contribution in [2.45, 2.75) is 26.4 Å². The van der Waals surface area contributed by atoms with Gasteiger partial charge in [-0.05, 0) is 36.2 Å². The van der Waals surface area contributed by atoms with Gasteiger partial charge in [-0.25, -0.2) is 0 Å². The molecule has 0 aromatic carbocycles. The van der Waals surface area contributed by atoms with Gasteiger partial charge in [-0.1, -0.05) is 11.3 Å². The van der Waals surface area contributed by atoms with Crippen molar-refractivity contribution in [1.29, 1.82) is 0 Å². The lowest BCUT2D eigenvalue weighted by Crippen LogP contribution is -2.12. The fourth-order valence-corrected chi connectivity index (χ4v) is 2.69. The Labute approximate surface area is 107 Å². The van der Waals surface area contributed by atoms with Crippen LogP contribution >= 0.6 is 22.7 Å². The average molecular weight is 268 g/mol. The lowest BCUT2D eigenvalue weighted by molar-refractivity contribution is -0.146. The number of esters is 1. The summed E-state index contributed by atoms with van der Waals surface area (Å²) in [5.41, 5.74) is 0.994. The van der Waals surface area contributed by atoms with E-state index in [2.05, 4.69) is 10.2 Å². The quantitative estimate of drug-likeness (QED) is 0.800. The number of nitrogens with zero attached hydrogens (tertiary/aromatic N) is 2. The van der Waals surface area contributed by atoms with Gasteiger partial charge in [-0.15, -0.1) is 10.2 Å². The predicted molar refractivity (Wildman–Crippen MR) is 67.2 cm³/mol. The number of aryl methyl sites for hydroxylation is 1. The molecule has 2 heterocycles. The number of rotatable bonds is 4. The molecule has 2 aromatic heterocycles. The zero-order chi connectivity index (χ0) is 12.3. The summed E-state index contributed by atoms with van der Waals surface area (Å²) in [6.07, 6.45) is 0. The van der Waals surface area contributed by atoms with Gasteiger partial charge in [0.2, 0.25) is 0 Å². The van der Waals surface area contributed by atoms with Crippen LogP contribution in [-0.4, -0.2) is 16.2 Å². The van der Waals surface area contributed by atoms with Crippen LogP contribution in [0.1, 0.15) is 28.4 Å². The van der Waals surface area contributed by atoms with Gasteiger partial charge >= 0.3 is 5.97 Å². The van der Waals surface area contributed by atoms with Crippen LogP contribution in [0.3, 0.4) is 0 Å². The minimum absolute atomic E-state index is 0.207. The molecule has 0 unspecified atom stereocenters.